The second-order valence-corrected chi connectivity index (χ2v) is 3.37. The molecular formula is C10H16N2. The summed E-state index contributed by atoms with van der Waals surface area (Å²) in [5.74, 6) is 1.03. The molecule has 0 spiro atoms. The second-order valence-electron chi connectivity index (χ2n) is 3.37. The standard InChI is InChI=1S/C10H16N2/c1-8(2)10(6-11)9-4-3-5-12-7-9/h3-5,7-8,10H,6,11H2,1-2H3/t10-/m0/s1. The van der Waals surface area contributed by atoms with Crippen LogP contribution in [0.5, 0.6) is 0 Å². The van der Waals surface area contributed by atoms with E-state index in [0.717, 1.165) is 0 Å². The van der Waals surface area contributed by atoms with Gasteiger partial charge in [0.2, 0.25) is 0 Å². The molecule has 0 amide bonds. The molecule has 66 valence electrons. The molecule has 2 heteroatoms. The average Bonchev–Trinajstić information content (AvgIpc) is 2.07. The second kappa shape index (κ2) is 4.21. The van der Waals surface area contributed by atoms with Gasteiger partial charge in [-0.05, 0) is 30.0 Å². The van der Waals surface area contributed by atoms with Crippen molar-refractivity contribution >= 4 is 0 Å². The van der Waals surface area contributed by atoms with E-state index in [1.165, 1.54) is 5.56 Å². The molecule has 0 bridgehead atoms. The van der Waals surface area contributed by atoms with Crippen LogP contribution in [-0.4, -0.2) is 11.5 Å². The molecule has 0 aliphatic carbocycles. The van der Waals surface area contributed by atoms with Gasteiger partial charge in [-0.25, -0.2) is 0 Å². The van der Waals surface area contributed by atoms with Gasteiger partial charge in [0.05, 0.1) is 0 Å². The van der Waals surface area contributed by atoms with Gasteiger partial charge < -0.3 is 5.73 Å². The van der Waals surface area contributed by atoms with Gasteiger partial charge in [-0.3, -0.25) is 4.98 Å². The maximum absolute atomic E-state index is 5.68. The van der Waals surface area contributed by atoms with E-state index < -0.39 is 0 Å². The molecule has 0 aromatic carbocycles. The number of pyridine rings is 1. The molecule has 0 aliphatic rings. The molecule has 1 rings (SSSR count). The summed E-state index contributed by atoms with van der Waals surface area (Å²) in [6, 6.07) is 4.05. The van der Waals surface area contributed by atoms with Crippen molar-refractivity contribution in [3.05, 3.63) is 30.1 Å². The summed E-state index contributed by atoms with van der Waals surface area (Å²) < 4.78 is 0. The zero-order valence-electron chi connectivity index (χ0n) is 7.70. The van der Waals surface area contributed by atoms with Crippen molar-refractivity contribution in [3.63, 3.8) is 0 Å². The Labute approximate surface area is 73.8 Å². The molecule has 1 atom stereocenters. The third kappa shape index (κ3) is 2.05. The summed E-state index contributed by atoms with van der Waals surface area (Å²) in [5.41, 5.74) is 6.92. The smallest absolute Gasteiger partial charge is 0.0303 e. The number of hydrogen-bond donors (Lipinski definition) is 1. The number of nitrogens with zero attached hydrogens (tertiary/aromatic N) is 1. The molecule has 2 nitrogen and oxygen atoms in total. The van der Waals surface area contributed by atoms with Crippen LogP contribution in [0.4, 0.5) is 0 Å². The normalized spacial score (nSPS) is 13.3. The van der Waals surface area contributed by atoms with Crippen molar-refractivity contribution in [1.29, 1.82) is 0 Å². The lowest BCUT2D eigenvalue weighted by molar-refractivity contribution is 0.505. The van der Waals surface area contributed by atoms with Crippen molar-refractivity contribution in [2.45, 2.75) is 19.8 Å². The van der Waals surface area contributed by atoms with E-state index in [0.29, 0.717) is 18.4 Å². The maximum atomic E-state index is 5.68. The van der Waals surface area contributed by atoms with Crippen molar-refractivity contribution in [3.8, 4) is 0 Å². The van der Waals surface area contributed by atoms with Gasteiger partial charge >= 0.3 is 0 Å². The zero-order chi connectivity index (χ0) is 8.97. The highest BCUT2D eigenvalue weighted by molar-refractivity contribution is 5.15. The minimum atomic E-state index is 0.443. The predicted molar refractivity (Wildman–Crippen MR) is 50.9 cm³/mol. The minimum absolute atomic E-state index is 0.443. The molecule has 2 N–H and O–H groups in total. The van der Waals surface area contributed by atoms with Crippen LogP contribution in [0, 0.1) is 5.92 Å². The van der Waals surface area contributed by atoms with E-state index >= 15 is 0 Å². The minimum Gasteiger partial charge on any atom is -0.330 e. The summed E-state index contributed by atoms with van der Waals surface area (Å²) in [4.78, 5) is 4.08. The third-order valence-electron chi connectivity index (χ3n) is 2.17. The first-order chi connectivity index (χ1) is 5.75. The SMILES string of the molecule is CC(C)[C@H](CN)c1cccnc1. The summed E-state index contributed by atoms with van der Waals surface area (Å²) in [5, 5.41) is 0. The Kier molecular flexibility index (Phi) is 3.23. The Bertz CT molecular complexity index is 219. The molecule has 1 aromatic rings. The Balaban J connectivity index is 2.80. The monoisotopic (exact) mass is 164 g/mol. The van der Waals surface area contributed by atoms with Gasteiger partial charge in [0, 0.05) is 12.4 Å². The van der Waals surface area contributed by atoms with Crippen molar-refractivity contribution in [1.82, 2.24) is 4.98 Å². The van der Waals surface area contributed by atoms with E-state index in [4.69, 9.17) is 5.73 Å². The van der Waals surface area contributed by atoms with Crippen LogP contribution < -0.4 is 5.73 Å². The molecule has 1 heterocycles. The lowest BCUT2D eigenvalue weighted by Crippen LogP contribution is -2.17. The fourth-order valence-electron chi connectivity index (χ4n) is 1.39. The Morgan fingerprint density at radius 1 is 1.50 bits per heavy atom. The van der Waals surface area contributed by atoms with Crippen molar-refractivity contribution < 1.29 is 0 Å². The van der Waals surface area contributed by atoms with Crippen LogP contribution in [-0.2, 0) is 0 Å². The molecule has 0 radical (unpaired) electrons. The van der Waals surface area contributed by atoms with E-state index in [-0.39, 0.29) is 0 Å². The van der Waals surface area contributed by atoms with Crippen LogP contribution in [0.3, 0.4) is 0 Å². The van der Waals surface area contributed by atoms with Crippen LogP contribution in [0.2, 0.25) is 0 Å². The number of hydrogen-bond acceptors (Lipinski definition) is 2. The Hall–Kier alpha value is -0.890. The van der Waals surface area contributed by atoms with Crippen molar-refractivity contribution in [2.75, 3.05) is 6.54 Å². The fourth-order valence-corrected chi connectivity index (χ4v) is 1.39. The lowest BCUT2D eigenvalue weighted by atomic mass is 9.90. The highest BCUT2D eigenvalue weighted by Gasteiger charge is 2.12. The molecule has 0 fully saturated rings. The van der Waals surface area contributed by atoms with E-state index in [1.54, 1.807) is 6.20 Å². The average molecular weight is 164 g/mol. The Morgan fingerprint density at radius 3 is 2.67 bits per heavy atom. The van der Waals surface area contributed by atoms with Crippen LogP contribution >= 0.6 is 0 Å². The first-order valence-corrected chi connectivity index (χ1v) is 4.35. The van der Waals surface area contributed by atoms with Gasteiger partial charge in [0.15, 0.2) is 0 Å². The first kappa shape index (κ1) is 9.20. The molecule has 0 saturated heterocycles. The summed E-state index contributed by atoms with van der Waals surface area (Å²) >= 11 is 0. The van der Waals surface area contributed by atoms with Crippen LogP contribution in [0.1, 0.15) is 25.3 Å². The topological polar surface area (TPSA) is 38.9 Å². The van der Waals surface area contributed by atoms with Gasteiger partial charge in [-0.1, -0.05) is 19.9 Å². The summed E-state index contributed by atoms with van der Waals surface area (Å²) in [6.45, 7) is 5.07. The maximum Gasteiger partial charge on any atom is 0.0303 e. The highest BCUT2D eigenvalue weighted by atomic mass is 14.6. The molecule has 1 aromatic heterocycles. The van der Waals surface area contributed by atoms with E-state index in [1.807, 2.05) is 12.3 Å². The van der Waals surface area contributed by atoms with Crippen molar-refractivity contribution in [2.24, 2.45) is 11.7 Å². The van der Waals surface area contributed by atoms with Gasteiger partial charge in [-0.15, -0.1) is 0 Å². The van der Waals surface area contributed by atoms with Gasteiger partial charge in [0.1, 0.15) is 0 Å². The fraction of sp³-hybridized carbons (Fsp3) is 0.500. The Morgan fingerprint density at radius 2 is 2.25 bits per heavy atom. The van der Waals surface area contributed by atoms with Crippen LogP contribution in [0.25, 0.3) is 0 Å². The zero-order valence-corrected chi connectivity index (χ0v) is 7.70. The molecule has 0 unspecified atom stereocenters. The number of rotatable bonds is 3. The molecule has 0 saturated carbocycles. The summed E-state index contributed by atoms with van der Waals surface area (Å²) in [7, 11) is 0. The quantitative estimate of drug-likeness (QED) is 0.739. The predicted octanol–water partition coefficient (Wildman–Crippen LogP) is 1.78. The van der Waals surface area contributed by atoms with Gasteiger partial charge in [-0.2, -0.15) is 0 Å². The number of nitrogens with two attached hydrogens (primary N) is 1. The lowest BCUT2D eigenvalue weighted by Gasteiger charge is -2.18. The highest BCUT2D eigenvalue weighted by Crippen LogP contribution is 2.21. The molecular weight excluding hydrogens is 148 g/mol. The molecule has 12 heavy (non-hydrogen) atoms. The van der Waals surface area contributed by atoms with Crippen LogP contribution in [0.15, 0.2) is 24.5 Å². The van der Waals surface area contributed by atoms with E-state index in [2.05, 4.69) is 24.9 Å². The summed E-state index contributed by atoms with van der Waals surface area (Å²) in [6.07, 6.45) is 3.69. The van der Waals surface area contributed by atoms with E-state index in [9.17, 15) is 0 Å². The first-order valence-electron chi connectivity index (χ1n) is 4.35. The largest absolute Gasteiger partial charge is 0.330 e. The van der Waals surface area contributed by atoms with Gasteiger partial charge in [0.25, 0.3) is 0 Å². The number of aromatic nitrogens is 1. The molecule has 0 aliphatic heterocycles. The third-order valence-corrected chi connectivity index (χ3v) is 2.17.